The monoisotopic (exact) mass is 394 g/mol. The molecule has 0 heterocycles. The molecule has 6 nitrogen and oxygen atoms in total. The third kappa shape index (κ3) is 5.60. The average Bonchev–Trinajstić information content (AvgIpc) is 3.55. The predicted molar refractivity (Wildman–Crippen MR) is 114 cm³/mol. The Morgan fingerprint density at radius 3 is 2.59 bits per heavy atom. The molecule has 0 spiro atoms. The van der Waals surface area contributed by atoms with Crippen LogP contribution in [0.2, 0.25) is 0 Å². The van der Waals surface area contributed by atoms with Crippen LogP contribution in [-0.2, 0) is 9.59 Å². The van der Waals surface area contributed by atoms with Gasteiger partial charge in [0, 0.05) is 17.3 Å². The van der Waals surface area contributed by atoms with Gasteiger partial charge in [0.15, 0.2) is 18.1 Å². The number of carbonyl (C=O) groups excluding carboxylic acids is 2. The van der Waals surface area contributed by atoms with Gasteiger partial charge in [0.05, 0.1) is 7.11 Å². The van der Waals surface area contributed by atoms with Crippen molar-refractivity contribution in [1.29, 1.82) is 0 Å². The highest BCUT2D eigenvalue weighted by Gasteiger charge is 2.29. The number of nitrogens with one attached hydrogen (secondary N) is 2. The van der Waals surface area contributed by atoms with Crippen molar-refractivity contribution in [3.05, 3.63) is 53.6 Å². The maximum absolute atomic E-state index is 12.4. The number of anilines is 2. The van der Waals surface area contributed by atoms with Gasteiger partial charge in [-0.05, 0) is 62.1 Å². The molecule has 0 radical (unpaired) electrons. The third-order valence-electron chi connectivity index (χ3n) is 4.63. The summed E-state index contributed by atoms with van der Waals surface area (Å²) in [6, 6.07) is 11.0. The Bertz CT molecular complexity index is 932. The quantitative estimate of drug-likeness (QED) is 0.696. The fourth-order valence-electron chi connectivity index (χ4n) is 2.85. The van der Waals surface area contributed by atoms with E-state index in [1.807, 2.05) is 50.3 Å². The van der Waals surface area contributed by atoms with E-state index in [1.165, 1.54) is 0 Å². The van der Waals surface area contributed by atoms with Gasteiger partial charge in [-0.1, -0.05) is 24.3 Å². The highest BCUT2D eigenvalue weighted by Crippen LogP contribution is 2.31. The standard InChI is InChI=1S/C23H26N2O4/c1-4-5-16-7-11-20(21(12-16)28-3)29-14-22(26)25-19-13-18(10-6-15(19)2)24-23(27)17-8-9-17/h4-7,10-13,17H,8-9,14H2,1-3H3,(H,24,27)(H,25,26)/b5-4+. The Morgan fingerprint density at radius 1 is 1.10 bits per heavy atom. The van der Waals surface area contributed by atoms with Gasteiger partial charge >= 0.3 is 0 Å². The highest BCUT2D eigenvalue weighted by molar-refractivity contribution is 5.96. The van der Waals surface area contributed by atoms with Crippen LogP contribution in [0, 0.1) is 12.8 Å². The first-order chi connectivity index (χ1) is 14.0. The van der Waals surface area contributed by atoms with Gasteiger partial charge in [-0.2, -0.15) is 0 Å². The van der Waals surface area contributed by atoms with Gasteiger partial charge in [-0.15, -0.1) is 0 Å². The zero-order valence-electron chi connectivity index (χ0n) is 17.0. The van der Waals surface area contributed by atoms with Crippen LogP contribution in [0.3, 0.4) is 0 Å². The van der Waals surface area contributed by atoms with Crippen molar-refractivity contribution in [2.75, 3.05) is 24.4 Å². The number of amides is 2. The fraction of sp³-hybridized carbons (Fsp3) is 0.304. The summed E-state index contributed by atoms with van der Waals surface area (Å²) in [7, 11) is 1.56. The Morgan fingerprint density at radius 2 is 1.90 bits per heavy atom. The molecule has 2 aromatic carbocycles. The maximum atomic E-state index is 12.4. The molecule has 0 aliphatic heterocycles. The minimum atomic E-state index is -0.293. The van der Waals surface area contributed by atoms with Gasteiger partial charge in [0.2, 0.25) is 5.91 Å². The molecular formula is C23H26N2O4. The van der Waals surface area contributed by atoms with Crippen LogP contribution in [0.4, 0.5) is 11.4 Å². The number of benzene rings is 2. The first kappa shape index (κ1) is 20.5. The lowest BCUT2D eigenvalue weighted by Gasteiger charge is -2.13. The number of hydrogen-bond acceptors (Lipinski definition) is 4. The first-order valence-electron chi connectivity index (χ1n) is 9.65. The van der Waals surface area contributed by atoms with Crippen LogP contribution in [-0.4, -0.2) is 25.5 Å². The Hall–Kier alpha value is -3.28. The molecule has 1 fully saturated rings. The molecule has 1 aliphatic rings. The summed E-state index contributed by atoms with van der Waals surface area (Å²) in [6.07, 6.45) is 5.78. The summed E-state index contributed by atoms with van der Waals surface area (Å²) in [5.74, 6) is 0.922. The minimum absolute atomic E-state index is 0.0305. The molecule has 29 heavy (non-hydrogen) atoms. The SMILES string of the molecule is C/C=C/c1ccc(OCC(=O)Nc2cc(NC(=O)C3CC3)ccc2C)c(OC)c1. The number of carbonyl (C=O) groups is 2. The van der Waals surface area contributed by atoms with Crippen molar-refractivity contribution >= 4 is 29.3 Å². The van der Waals surface area contributed by atoms with Crippen LogP contribution in [0.15, 0.2) is 42.5 Å². The van der Waals surface area contributed by atoms with E-state index >= 15 is 0 Å². The molecule has 2 amide bonds. The summed E-state index contributed by atoms with van der Waals surface area (Å²) in [5, 5.41) is 5.73. The number of methoxy groups -OCH3 is 1. The van der Waals surface area contributed by atoms with E-state index in [1.54, 1.807) is 19.2 Å². The molecule has 1 aliphatic carbocycles. The molecule has 2 N–H and O–H groups in total. The molecule has 152 valence electrons. The van der Waals surface area contributed by atoms with Crippen molar-refractivity contribution < 1.29 is 19.1 Å². The summed E-state index contributed by atoms with van der Waals surface area (Å²) in [4.78, 5) is 24.3. The zero-order chi connectivity index (χ0) is 20.8. The average molecular weight is 394 g/mol. The van der Waals surface area contributed by atoms with Crippen LogP contribution in [0.1, 0.15) is 30.9 Å². The Balaban J connectivity index is 1.61. The topological polar surface area (TPSA) is 76.7 Å². The van der Waals surface area contributed by atoms with E-state index in [4.69, 9.17) is 9.47 Å². The normalized spacial score (nSPS) is 13.2. The Labute approximate surface area is 170 Å². The van der Waals surface area contributed by atoms with E-state index in [2.05, 4.69) is 10.6 Å². The van der Waals surface area contributed by atoms with E-state index in [0.29, 0.717) is 22.9 Å². The van der Waals surface area contributed by atoms with Gasteiger partial charge in [0.1, 0.15) is 0 Å². The molecule has 0 unspecified atom stereocenters. The molecular weight excluding hydrogens is 368 g/mol. The van der Waals surface area contributed by atoms with E-state index in [-0.39, 0.29) is 24.3 Å². The number of allylic oxidation sites excluding steroid dienone is 1. The zero-order valence-corrected chi connectivity index (χ0v) is 17.0. The molecule has 1 saturated carbocycles. The van der Waals surface area contributed by atoms with E-state index in [0.717, 1.165) is 24.0 Å². The second-order valence-electron chi connectivity index (χ2n) is 7.04. The number of hydrogen-bond donors (Lipinski definition) is 2. The molecule has 6 heteroatoms. The van der Waals surface area contributed by atoms with Gasteiger partial charge in [-0.25, -0.2) is 0 Å². The van der Waals surface area contributed by atoms with E-state index < -0.39 is 0 Å². The van der Waals surface area contributed by atoms with Gasteiger partial charge < -0.3 is 20.1 Å². The maximum Gasteiger partial charge on any atom is 0.262 e. The molecule has 0 atom stereocenters. The molecule has 0 bridgehead atoms. The lowest BCUT2D eigenvalue weighted by Crippen LogP contribution is -2.21. The predicted octanol–water partition coefficient (Wildman–Crippen LogP) is 4.40. The van der Waals surface area contributed by atoms with Crippen LogP contribution in [0.5, 0.6) is 11.5 Å². The van der Waals surface area contributed by atoms with Crippen LogP contribution >= 0.6 is 0 Å². The number of ether oxygens (including phenoxy) is 2. The first-order valence-corrected chi connectivity index (χ1v) is 9.65. The van der Waals surface area contributed by atoms with Crippen molar-refractivity contribution in [3.8, 4) is 11.5 Å². The van der Waals surface area contributed by atoms with Crippen molar-refractivity contribution in [2.45, 2.75) is 26.7 Å². The molecule has 0 aromatic heterocycles. The summed E-state index contributed by atoms with van der Waals surface area (Å²) in [6.45, 7) is 3.68. The summed E-state index contributed by atoms with van der Waals surface area (Å²) >= 11 is 0. The van der Waals surface area contributed by atoms with Crippen molar-refractivity contribution in [3.63, 3.8) is 0 Å². The summed E-state index contributed by atoms with van der Waals surface area (Å²) in [5.41, 5.74) is 3.20. The highest BCUT2D eigenvalue weighted by atomic mass is 16.5. The van der Waals surface area contributed by atoms with Gasteiger partial charge in [-0.3, -0.25) is 9.59 Å². The third-order valence-corrected chi connectivity index (χ3v) is 4.63. The van der Waals surface area contributed by atoms with Crippen molar-refractivity contribution in [1.82, 2.24) is 0 Å². The Kier molecular flexibility index (Phi) is 6.54. The summed E-state index contributed by atoms with van der Waals surface area (Å²) < 4.78 is 11.0. The molecule has 0 saturated heterocycles. The van der Waals surface area contributed by atoms with Crippen LogP contribution < -0.4 is 20.1 Å². The second kappa shape index (κ2) is 9.28. The lowest BCUT2D eigenvalue weighted by molar-refractivity contribution is -0.118. The molecule has 2 aromatic rings. The van der Waals surface area contributed by atoms with Gasteiger partial charge in [0.25, 0.3) is 5.91 Å². The van der Waals surface area contributed by atoms with Crippen molar-refractivity contribution in [2.24, 2.45) is 5.92 Å². The van der Waals surface area contributed by atoms with Crippen LogP contribution in [0.25, 0.3) is 6.08 Å². The lowest BCUT2D eigenvalue weighted by atomic mass is 10.1. The molecule has 3 rings (SSSR count). The smallest absolute Gasteiger partial charge is 0.262 e. The second-order valence-corrected chi connectivity index (χ2v) is 7.04. The number of rotatable bonds is 8. The van der Waals surface area contributed by atoms with E-state index in [9.17, 15) is 9.59 Å². The number of aryl methyl sites for hydroxylation is 1. The minimum Gasteiger partial charge on any atom is -0.493 e. The largest absolute Gasteiger partial charge is 0.493 e. The fourth-order valence-corrected chi connectivity index (χ4v) is 2.85.